The molecule has 0 fully saturated rings. The number of anilines is 6. The maximum atomic E-state index is 4.96. The molecule has 0 atom stereocenters. The van der Waals surface area contributed by atoms with E-state index in [-0.39, 0.29) is 0 Å². The minimum atomic E-state index is 0.874. The fourth-order valence-electron chi connectivity index (χ4n) is 14.2. The van der Waals surface area contributed by atoms with E-state index >= 15 is 0 Å². The van der Waals surface area contributed by atoms with Gasteiger partial charge in [-0.05, 0) is 190 Å². The molecule has 16 aromatic rings. The number of fused-ring (bicyclic) bond motifs is 12. The lowest BCUT2D eigenvalue weighted by Crippen LogP contribution is -2.11. The highest BCUT2D eigenvalue weighted by Gasteiger charge is 2.27. The molecule has 2 aliphatic rings. The molecule has 86 heavy (non-hydrogen) atoms. The Hall–Kier alpha value is -11.5. The Kier molecular flexibility index (Phi) is 10.6. The molecule has 5 nitrogen and oxygen atoms in total. The third-order valence-electron chi connectivity index (χ3n) is 18.0. The predicted octanol–water partition coefficient (Wildman–Crippen LogP) is 22.0. The summed E-state index contributed by atoms with van der Waals surface area (Å²) in [6.45, 7) is 0. The largest absolute Gasteiger partial charge is 0.310 e. The second kappa shape index (κ2) is 19.0. The van der Waals surface area contributed by atoms with Crippen molar-refractivity contribution in [3.8, 4) is 77.9 Å². The van der Waals surface area contributed by atoms with Gasteiger partial charge in [-0.3, -0.25) is 15.0 Å². The fraction of sp³-hybridized carbons (Fsp3) is 0. The zero-order valence-corrected chi connectivity index (χ0v) is 46.5. The van der Waals surface area contributed by atoms with E-state index in [9.17, 15) is 0 Å². The number of nitrogens with zero attached hydrogens (tertiary/aromatic N) is 5. The van der Waals surface area contributed by atoms with Crippen LogP contribution in [0, 0.1) is 0 Å². The van der Waals surface area contributed by atoms with Crippen LogP contribution in [0.1, 0.15) is 0 Å². The summed E-state index contributed by atoms with van der Waals surface area (Å²) < 4.78 is 0. The fourth-order valence-corrected chi connectivity index (χ4v) is 14.2. The van der Waals surface area contributed by atoms with Crippen LogP contribution in [-0.4, -0.2) is 15.0 Å². The summed E-state index contributed by atoms with van der Waals surface area (Å²) in [7, 11) is 0. The summed E-state index contributed by atoms with van der Waals surface area (Å²) in [6.07, 6.45) is 5.61. The molecule has 13 aromatic carbocycles. The van der Waals surface area contributed by atoms with Crippen molar-refractivity contribution in [2.75, 3.05) is 9.80 Å². The van der Waals surface area contributed by atoms with E-state index in [1.165, 1.54) is 82.7 Å². The van der Waals surface area contributed by atoms with Gasteiger partial charge in [0.1, 0.15) is 0 Å². The topological polar surface area (TPSA) is 45.2 Å². The van der Waals surface area contributed by atoms with Gasteiger partial charge in [0.15, 0.2) is 0 Å². The lowest BCUT2D eigenvalue weighted by atomic mass is 9.94. The third kappa shape index (κ3) is 7.35. The highest BCUT2D eigenvalue weighted by Crippen LogP contribution is 2.53. The molecule has 0 radical (unpaired) electrons. The number of para-hydroxylation sites is 1. The monoisotopic (exact) mass is 1090 g/mol. The summed E-state index contributed by atoms with van der Waals surface area (Å²) >= 11 is 0. The summed E-state index contributed by atoms with van der Waals surface area (Å²) in [6, 6.07) is 102. The van der Waals surface area contributed by atoms with Gasteiger partial charge in [-0.15, -0.1) is 0 Å². The Morgan fingerprint density at radius 2 is 0.640 bits per heavy atom. The van der Waals surface area contributed by atoms with Crippen molar-refractivity contribution in [1.82, 2.24) is 15.0 Å². The van der Waals surface area contributed by atoms with Crippen LogP contribution in [-0.2, 0) is 0 Å². The maximum Gasteiger partial charge on any atom is 0.0985 e. The number of rotatable bonds is 9. The molecule has 0 bridgehead atoms. The number of benzene rings is 13. The molecule has 0 unspecified atom stereocenters. The quantitative estimate of drug-likeness (QED) is 0.135. The molecule has 5 heteroatoms. The van der Waals surface area contributed by atoms with Crippen molar-refractivity contribution in [2.24, 2.45) is 0 Å². The van der Waals surface area contributed by atoms with E-state index in [4.69, 9.17) is 15.0 Å². The van der Waals surface area contributed by atoms with E-state index in [1.54, 1.807) is 0 Å². The highest BCUT2D eigenvalue weighted by atomic mass is 15.2. The molecule has 3 aromatic heterocycles. The molecule has 2 aliphatic carbocycles. The van der Waals surface area contributed by atoms with Gasteiger partial charge in [0.05, 0.1) is 27.9 Å². The molecule has 0 N–H and O–H groups in total. The average Bonchev–Trinajstić information content (AvgIpc) is 2.27. The molecule has 398 valence electrons. The normalized spacial score (nSPS) is 12.0. The van der Waals surface area contributed by atoms with Crippen LogP contribution in [0.15, 0.2) is 298 Å². The minimum absolute atomic E-state index is 0.874. The van der Waals surface area contributed by atoms with Crippen LogP contribution in [0.2, 0.25) is 0 Å². The van der Waals surface area contributed by atoms with Crippen molar-refractivity contribution in [2.45, 2.75) is 0 Å². The Labute approximate surface area is 496 Å². The minimum Gasteiger partial charge on any atom is -0.310 e. The Morgan fingerprint density at radius 3 is 1.30 bits per heavy atom. The summed E-state index contributed by atoms with van der Waals surface area (Å²) in [5.74, 6) is 0. The number of hydrogen-bond acceptors (Lipinski definition) is 5. The van der Waals surface area contributed by atoms with Gasteiger partial charge in [-0.1, -0.05) is 188 Å². The van der Waals surface area contributed by atoms with Crippen LogP contribution >= 0.6 is 0 Å². The van der Waals surface area contributed by atoms with Crippen molar-refractivity contribution < 1.29 is 0 Å². The maximum absolute atomic E-state index is 4.96. The van der Waals surface area contributed by atoms with Gasteiger partial charge in [0, 0.05) is 68.3 Å². The van der Waals surface area contributed by atoms with Crippen LogP contribution in [0.5, 0.6) is 0 Å². The highest BCUT2D eigenvalue weighted by molar-refractivity contribution is 6.21. The molecule has 0 saturated heterocycles. The zero-order chi connectivity index (χ0) is 56.4. The third-order valence-corrected chi connectivity index (χ3v) is 18.0. The van der Waals surface area contributed by atoms with Crippen LogP contribution in [0.4, 0.5) is 34.1 Å². The van der Waals surface area contributed by atoms with E-state index in [0.717, 1.165) is 94.3 Å². The first-order chi connectivity index (χ1) is 42.7. The van der Waals surface area contributed by atoms with E-state index < -0.39 is 0 Å². The van der Waals surface area contributed by atoms with Gasteiger partial charge >= 0.3 is 0 Å². The number of hydrogen-bond donors (Lipinski definition) is 0. The summed E-state index contributed by atoms with van der Waals surface area (Å²) in [5.41, 5.74) is 26.4. The first kappa shape index (κ1) is 48.0. The van der Waals surface area contributed by atoms with Gasteiger partial charge in [0.2, 0.25) is 0 Å². The molecule has 0 aliphatic heterocycles. The predicted molar refractivity (Wildman–Crippen MR) is 359 cm³/mol. The molecular formula is C81H49N5. The molecule has 0 amide bonds. The zero-order valence-electron chi connectivity index (χ0n) is 46.5. The van der Waals surface area contributed by atoms with E-state index in [1.807, 2.05) is 36.8 Å². The SMILES string of the molecule is c1ccc(N(c2cccc(-c3ccc4c5c(cccc35)-c3cc(-c5ccc(N(c6cccc(-c7ccc8c9c(cccc79)-c7ccccc7-8)c6)c6cc7cccnc7c7ncccc67)cc5)ccc3-4)c2)c2cc3cccnc3c3ccccc23)cc1. The smallest absolute Gasteiger partial charge is 0.0985 e. The molecule has 18 rings (SSSR count). The van der Waals surface area contributed by atoms with Gasteiger partial charge in [-0.2, -0.15) is 0 Å². The van der Waals surface area contributed by atoms with Crippen molar-refractivity contribution in [1.29, 1.82) is 0 Å². The average molecular weight is 1090 g/mol. The number of pyridine rings is 3. The van der Waals surface area contributed by atoms with Crippen molar-refractivity contribution >= 4 is 99.2 Å². The lowest BCUT2D eigenvalue weighted by molar-refractivity contribution is 1.29. The standard InChI is InChI=1S/C81H49N5/c1-2-19-56(20-3-1)85(75-48-54-17-12-42-82-79(54)72-26-7-6-25-65(72)75)58-21-8-15-52(45-58)61-39-41-71-64-37-34-51(47-74(64)69-30-11-28-67(61)78(69)71)50-32-35-57(36-33-50)86(76-49-55-18-13-43-83-80(55)81-73(76)31-14-44-84-81)59-22-9-16-53(46-59)60-38-40-70-63-24-5-4-23-62(63)68-29-10-27-66(60)77(68)70/h1-49H. The van der Waals surface area contributed by atoms with Gasteiger partial charge < -0.3 is 9.80 Å². The molecular weight excluding hydrogens is 1040 g/mol. The molecule has 3 heterocycles. The van der Waals surface area contributed by atoms with Crippen LogP contribution in [0.3, 0.4) is 0 Å². The second-order valence-corrected chi connectivity index (χ2v) is 22.6. The van der Waals surface area contributed by atoms with E-state index in [2.05, 4.69) is 271 Å². The lowest BCUT2D eigenvalue weighted by Gasteiger charge is -2.28. The first-order valence-corrected chi connectivity index (χ1v) is 29.4. The summed E-state index contributed by atoms with van der Waals surface area (Å²) in [5, 5.41) is 10.6. The van der Waals surface area contributed by atoms with Crippen molar-refractivity contribution in [3.63, 3.8) is 0 Å². The van der Waals surface area contributed by atoms with E-state index in [0.29, 0.717) is 0 Å². The second-order valence-electron chi connectivity index (χ2n) is 22.6. The molecule has 0 saturated carbocycles. The van der Waals surface area contributed by atoms with Crippen LogP contribution < -0.4 is 9.80 Å². The Balaban J connectivity index is 0.725. The Morgan fingerprint density at radius 1 is 0.209 bits per heavy atom. The van der Waals surface area contributed by atoms with Crippen molar-refractivity contribution in [3.05, 3.63) is 298 Å². The summed E-state index contributed by atoms with van der Waals surface area (Å²) in [4.78, 5) is 19.4. The van der Waals surface area contributed by atoms with Gasteiger partial charge in [0.25, 0.3) is 0 Å². The first-order valence-electron chi connectivity index (χ1n) is 29.4. The molecule has 0 spiro atoms. The van der Waals surface area contributed by atoms with Crippen LogP contribution in [0.25, 0.3) is 143 Å². The van der Waals surface area contributed by atoms with Gasteiger partial charge in [-0.25, -0.2) is 0 Å². The Bertz CT molecular complexity index is 5470. The number of aromatic nitrogens is 3.